The molecule has 0 atom stereocenters. The molecular weight excluding hydrogens is 210 g/mol. The first kappa shape index (κ1) is 14.7. The number of rotatable bonds is 8. The van der Waals surface area contributed by atoms with Crippen molar-refractivity contribution in [3.8, 4) is 0 Å². The molecule has 0 unspecified atom stereocenters. The summed E-state index contributed by atoms with van der Waals surface area (Å²) in [6, 6.07) is 0.560. The molecule has 2 heteroatoms. The Hall–Kier alpha value is -0.370. The van der Waals surface area contributed by atoms with Gasteiger partial charge in [-0.3, -0.25) is 4.90 Å². The first-order chi connectivity index (χ1) is 8.13. The molecule has 0 aliphatic heterocycles. The van der Waals surface area contributed by atoms with Crippen LogP contribution in [0.25, 0.3) is 0 Å². The smallest absolute Gasteiger partial charge is 0.127 e. The number of nitrogens with zero attached hydrogens (tertiary/aromatic N) is 1. The molecule has 0 heterocycles. The van der Waals surface area contributed by atoms with Crippen molar-refractivity contribution in [1.82, 2.24) is 4.90 Å². The predicted molar refractivity (Wildman–Crippen MR) is 73.2 cm³/mol. The van der Waals surface area contributed by atoms with Crippen molar-refractivity contribution in [3.05, 3.63) is 0 Å². The Balaban J connectivity index is 2.49. The zero-order chi connectivity index (χ0) is 12.7. The molecule has 0 aromatic carbocycles. The zero-order valence-corrected chi connectivity index (χ0v) is 11.9. The second-order valence-corrected chi connectivity index (χ2v) is 5.96. The highest BCUT2D eigenvalue weighted by Crippen LogP contribution is 2.37. The summed E-state index contributed by atoms with van der Waals surface area (Å²) in [5, 5.41) is 0. The standard InChI is InChI=1S/C15H29NO/c1-4-5-8-11-16(14(2)3)12-15(13-17)9-6-7-10-15/h13-14H,4-12H2,1-3H3. The summed E-state index contributed by atoms with van der Waals surface area (Å²) in [6.45, 7) is 8.88. The largest absolute Gasteiger partial charge is 0.303 e. The van der Waals surface area contributed by atoms with Crippen LogP contribution < -0.4 is 0 Å². The van der Waals surface area contributed by atoms with Crippen LogP contribution in [0.5, 0.6) is 0 Å². The van der Waals surface area contributed by atoms with E-state index in [1.165, 1.54) is 38.4 Å². The van der Waals surface area contributed by atoms with Crippen LogP contribution >= 0.6 is 0 Å². The van der Waals surface area contributed by atoms with E-state index < -0.39 is 0 Å². The molecule has 1 aliphatic carbocycles. The van der Waals surface area contributed by atoms with Gasteiger partial charge >= 0.3 is 0 Å². The number of hydrogen-bond acceptors (Lipinski definition) is 2. The summed E-state index contributed by atoms with van der Waals surface area (Å²) in [5.74, 6) is 0. The Labute approximate surface area is 107 Å². The molecule has 0 amide bonds. The highest BCUT2D eigenvalue weighted by Gasteiger charge is 2.35. The first-order valence-electron chi connectivity index (χ1n) is 7.34. The van der Waals surface area contributed by atoms with E-state index in [-0.39, 0.29) is 5.41 Å². The SMILES string of the molecule is CCCCCN(CC1(C=O)CCCC1)C(C)C. The van der Waals surface area contributed by atoms with E-state index in [0.29, 0.717) is 6.04 Å². The molecule has 1 fully saturated rings. The highest BCUT2D eigenvalue weighted by molar-refractivity contribution is 5.60. The van der Waals surface area contributed by atoms with E-state index in [2.05, 4.69) is 25.7 Å². The van der Waals surface area contributed by atoms with E-state index >= 15 is 0 Å². The Morgan fingerprint density at radius 1 is 1.24 bits per heavy atom. The molecule has 0 aromatic rings. The molecule has 1 aliphatic rings. The third-order valence-electron chi connectivity index (χ3n) is 4.15. The molecule has 17 heavy (non-hydrogen) atoms. The van der Waals surface area contributed by atoms with Crippen molar-refractivity contribution in [3.63, 3.8) is 0 Å². The highest BCUT2D eigenvalue weighted by atomic mass is 16.1. The van der Waals surface area contributed by atoms with Crippen molar-refractivity contribution in [2.45, 2.75) is 71.8 Å². The minimum Gasteiger partial charge on any atom is -0.303 e. The van der Waals surface area contributed by atoms with E-state index in [1.807, 2.05) is 0 Å². The van der Waals surface area contributed by atoms with Crippen LogP contribution in [0.4, 0.5) is 0 Å². The van der Waals surface area contributed by atoms with E-state index in [1.54, 1.807) is 0 Å². The van der Waals surface area contributed by atoms with Crippen molar-refractivity contribution in [1.29, 1.82) is 0 Å². The number of hydrogen-bond donors (Lipinski definition) is 0. The van der Waals surface area contributed by atoms with Crippen LogP contribution in [0.1, 0.15) is 65.7 Å². The van der Waals surface area contributed by atoms with Gasteiger partial charge in [0.25, 0.3) is 0 Å². The molecule has 0 aromatic heterocycles. The Morgan fingerprint density at radius 3 is 2.35 bits per heavy atom. The molecule has 1 saturated carbocycles. The fraction of sp³-hybridized carbons (Fsp3) is 0.933. The lowest BCUT2D eigenvalue weighted by Gasteiger charge is -2.34. The van der Waals surface area contributed by atoms with Gasteiger partial charge in [0.1, 0.15) is 6.29 Å². The van der Waals surface area contributed by atoms with Crippen molar-refractivity contribution in [2.75, 3.05) is 13.1 Å². The van der Waals surface area contributed by atoms with E-state index in [0.717, 1.165) is 25.9 Å². The summed E-state index contributed by atoms with van der Waals surface area (Å²) >= 11 is 0. The average molecular weight is 239 g/mol. The summed E-state index contributed by atoms with van der Waals surface area (Å²) in [5.41, 5.74) is -0.0174. The molecule has 1 rings (SSSR count). The molecule has 0 radical (unpaired) electrons. The maximum Gasteiger partial charge on any atom is 0.127 e. The number of carbonyl (C=O) groups excluding carboxylic acids is 1. The molecular formula is C15H29NO. The second kappa shape index (κ2) is 7.15. The summed E-state index contributed by atoms with van der Waals surface area (Å²) in [4.78, 5) is 13.9. The molecule has 0 saturated heterocycles. The maximum absolute atomic E-state index is 11.4. The van der Waals surface area contributed by atoms with Crippen LogP contribution in [0, 0.1) is 5.41 Å². The van der Waals surface area contributed by atoms with Crippen molar-refractivity contribution < 1.29 is 4.79 Å². The predicted octanol–water partition coefficient (Wildman–Crippen LogP) is 3.65. The van der Waals surface area contributed by atoms with Crippen molar-refractivity contribution in [2.24, 2.45) is 5.41 Å². The van der Waals surface area contributed by atoms with Crippen molar-refractivity contribution >= 4 is 6.29 Å². The molecule has 2 nitrogen and oxygen atoms in total. The van der Waals surface area contributed by atoms with Crippen LogP contribution in [-0.4, -0.2) is 30.3 Å². The zero-order valence-electron chi connectivity index (χ0n) is 11.9. The summed E-state index contributed by atoms with van der Waals surface area (Å²) in [7, 11) is 0. The van der Waals surface area contributed by atoms with Gasteiger partial charge in [0.2, 0.25) is 0 Å². The third-order valence-corrected chi connectivity index (χ3v) is 4.15. The maximum atomic E-state index is 11.4. The fourth-order valence-corrected chi connectivity index (χ4v) is 2.88. The lowest BCUT2D eigenvalue weighted by Crippen LogP contribution is -2.41. The van der Waals surface area contributed by atoms with Gasteiger partial charge in [-0.2, -0.15) is 0 Å². The van der Waals surface area contributed by atoms with Gasteiger partial charge in [0.05, 0.1) is 0 Å². The molecule has 0 spiro atoms. The van der Waals surface area contributed by atoms with E-state index in [4.69, 9.17) is 0 Å². The fourth-order valence-electron chi connectivity index (χ4n) is 2.88. The minimum absolute atomic E-state index is 0.0174. The molecule has 0 N–H and O–H groups in total. The van der Waals surface area contributed by atoms with Gasteiger partial charge < -0.3 is 4.79 Å². The number of carbonyl (C=O) groups is 1. The minimum atomic E-state index is -0.0174. The van der Waals surface area contributed by atoms with Gasteiger partial charge in [-0.05, 0) is 39.7 Å². The number of aldehydes is 1. The van der Waals surface area contributed by atoms with Gasteiger partial charge in [0.15, 0.2) is 0 Å². The lowest BCUT2D eigenvalue weighted by molar-refractivity contribution is -0.117. The van der Waals surface area contributed by atoms with Crippen LogP contribution in [-0.2, 0) is 4.79 Å². The van der Waals surface area contributed by atoms with E-state index in [9.17, 15) is 4.79 Å². The lowest BCUT2D eigenvalue weighted by atomic mass is 9.87. The second-order valence-electron chi connectivity index (χ2n) is 5.96. The van der Waals surface area contributed by atoms with Gasteiger partial charge in [-0.1, -0.05) is 32.6 Å². The monoisotopic (exact) mass is 239 g/mol. The third kappa shape index (κ3) is 4.42. The number of unbranched alkanes of at least 4 members (excludes halogenated alkanes) is 2. The summed E-state index contributed by atoms with van der Waals surface area (Å²) in [6.07, 6.45) is 9.77. The summed E-state index contributed by atoms with van der Waals surface area (Å²) < 4.78 is 0. The normalized spacial score (nSPS) is 19.1. The van der Waals surface area contributed by atoms with Crippen LogP contribution in [0.2, 0.25) is 0 Å². The first-order valence-corrected chi connectivity index (χ1v) is 7.34. The average Bonchev–Trinajstić information content (AvgIpc) is 2.77. The Morgan fingerprint density at radius 2 is 1.88 bits per heavy atom. The van der Waals surface area contributed by atoms with Gasteiger partial charge in [-0.15, -0.1) is 0 Å². The van der Waals surface area contributed by atoms with Crippen LogP contribution in [0.15, 0.2) is 0 Å². The molecule has 100 valence electrons. The topological polar surface area (TPSA) is 20.3 Å². The van der Waals surface area contributed by atoms with Crippen LogP contribution in [0.3, 0.4) is 0 Å². The Bertz CT molecular complexity index is 219. The Kier molecular flexibility index (Phi) is 6.18. The van der Waals surface area contributed by atoms with Gasteiger partial charge in [0, 0.05) is 18.0 Å². The molecule has 0 bridgehead atoms. The quantitative estimate of drug-likeness (QED) is 0.476. The van der Waals surface area contributed by atoms with Gasteiger partial charge in [-0.25, -0.2) is 0 Å².